The fraction of sp³-hybridized carbons (Fsp3) is 0.200. The molecule has 1 aromatic carbocycles. The number of fused-ring (bicyclic) bond motifs is 1. The van der Waals surface area contributed by atoms with Crippen LogP contribution in [0.1, 0.15) is 0 Å². The van der Waals surface area contributed by atoms with E-state index in [9.17, 15) is 14.4 Å². The Balaban J connectivity index is 1.60. The van der Waals surface area contributed by atoms with Crippen LogP contribution in [-0.2, 0) is 9.59 Å². The molecule has 2 aliphatic heterocycles. The molecule has 3 aliphatic rings. The van der Waals surface area contributed by atoms with Gasteiger partial charge in [-0.1, -0.05) is 29.8 Å². The van der Waals surface area contributed by atoms with E-state index in [0.29, 0.717) is 22.2 Å². The van der Waals surface area contributed by atoms with Crippen molar-refractivity contribution < 1.29 is 19.1 Å². The van der Waals surface area contributed by atoms with Gasteiger partial charge in [0.05, 0.1) is 18.5 Å². The van der Waals surface area contributed by atoms with Gasteiger partial charge in [-0.15, -0.1) is 0 Å². The standard InChI is InChI=1S/C20H16ClN3O4/c1-28-17-7-6-13(21)9-16(17)24-19(26)11-23(20(24)27)10-12-8-18(25)22-15-5-3-2-4-14(12)15/h2-9,14H,10-11H2,1H3. The maximum atomic E-state index is 13.0. The van der Waals surface area contributed by atoms with Gasteiger partial charge in [-0.3, -0.25) is 9.59 Å². The van der Waals surface area contributed by atoms with Crippen molar-refractivity contribution in [2.75, 3.05) is 25.1 Å². The summed E-state index contributed by atoms with van der Waals surface area (Å²) in [4.78, 5) is 43.9. The lowest BCUT2D eigenvalue weighted by Crippen LogP contribution is -2.36. The molecule has 0 spiro atoms. The third kappa shape index (κ3) is 3.14. The molecule has 1 saturated heterocycles. The zero-order valence-corrected chi connectivity index (χ0v) is 15.7. The van der Waals surface area contributed by atoms with Crippen molar-refractivity contribution in [1.82, 2.24) is 4.90 Å². The lowest BCUT2D eigenvalue weighted by Gasteiger charge is -2.26. The first kappa shape index (κ1) is 18.2. The number of amides is 4. The van der Waals surface area contributed by atoms with Crippen molar-refractivity contribution in [2.45, 2.75) is 0 Å². The highest BCUT2D eigenvalue weighted by Crippen LogP contribution is 2.34. The van der Waals surface area contributed by atoms with E-state index in [-0.39, 0.29) is 30.8 Å². The summed E-state index contributed by atoms with van der Waals surface area (Å²) in [5, 5.41) is 0.385. The zero-order chi connectivity index (χ0) is 19.8. The molecule has 2 heterocycles. The average Bonchev–Trinajstić information content (AvgIpc) is 2.94. The van der Waals surface area contributed by atoms with Crippen LogP contribution in [0.4, 0.5) is 10.5 Å². The molecule has 1 atom stereocenters. The summed E-state index contributed by atoms with van der Waals surface area (Å²) in [5.74, 6) is -0.566. The van der Waals surface area contributed by atoms with Crippen LogP contribution in [0.2, 0.25) is 5.02 Å². The van der Waals surface area contributed by atoms with Gasteiger partial charge in [0, 0.05) is 23.6 Å². The van der Waals surface area contributed by atoms with E-state index >= 15 is 0 Å². The van der Waals surface area contributed by atoms with Crippen molar-refractivity contribution in [1.29, 1.82) is 0 Å². The first-order chi connectivity index (χ1) is 13.5. The Morgan fingerprint density at radius 1 is 1.25 bits per heavy atom. The van der Waals surface area contributed by atoms with Gasteiger partial charge in [-0.25, -0.2) is 14.7 Å². The molecule has 7 nitrogen and oxygen atoms in total. The summed E-state index contributed by atoms with van der Waals surface area (Å²) < 4.78 is 5.27. The minimum Gasteiger partial charge on any atom is -0.495 e. The number of allylic oxidation sites excluding steroid dienone is 4. The molecule has 1 aromatic rings. The molecule has 0 saturated carbocycles. The molecule has 1 unspecified atom stereocenters. The highest BCUT2D eigenvalue weighted by atomic mass is 35.5. The van der Waals surface area contributed by atoms with E-state index in [4.69, 9.17) is 16.3 Å². The van der Waals surface area contributed by atoms with Crippen molar-refractivity contribution in [2.24, 2.45) is 10.9 Å². The number of carbonyl (C=O) groups is 3. The van der Waals surface area contributed by atoms with E-state index < -0.39 is 6.03 Å². The van der Waals surface area contributed by atoms with E-state index in [0.717, 1.165) is 10.5 Å². The molecule has 0 N–H and O–H groups in total. The van der Waals surface area contributed by atoms with Gasteiger partial charge < -0.3 is 9.64 Å². The number of hydrogen-bond acceptors (Lipinski definition) is 4. The second-order valence-corrected chi connectivity index (χ2v) is 6.94. The number of benzene rings is 1. The molecule has 4 amide bonds. The number of nitrogens with zero attached hydrogens (tertiary/aromatic N) is 3. The number of halogens is 1. The number of hydrogen-bond donors (Lipinski definition) is 0. The van der Waals surface area contributed by atoms with E-state index in [2.05, 4.69) is 4.99 Å². The fourth-order valence-electron chi connectivity index (χ4n) is 3.47. The summed E-state index contributed by atoms with van der Waals surface area (Å²) in [6, 6.07) is 4.25. The van der Waals surface area contributed by atoms with Crippen LogP contribution in [-0.4, -0.2) is 48.7 Å². The second kappa shape index (κ2) is 7.09. The van der Waals surface area contributed by atoms with Gasteiger partial charge in [0.1, 0.15) is 12.3 Å². The van der Waals surface area contributed by atoms with Crippen LogP contribution < -0.4 is 9.64 Å². The molecule has 0 radical (unpaired) electrons. The van der Waals surface area contributed by atoms with E-state index in [1.165, 1.54) is 24.2 Å². The number of aliphatic imine (C=N–C) groups is 1. The maximum Gasteiger partial charge on any atom is 0.332 e. The first-order valence-electron chi connectivity index (χ1n) is 8.61. The SMILES string of the molecule is COc1ccc(Cl)cc1N1C(=O)CN(CC2=CC(=O)N=C3C=CC=CC23)C1=O. The molecule has 1 aliphatic carbocycles. The van der Waals surface area contributed by atoms with E-state index in [1.54, 1.807) is 18.2 Å². The van der Waals surface area contributed by atoms with Crippen molar-refractivity contribution >= 4 is 40.8 Å². The molecule has 142 valence electrons. The van der Waals surface area contributed by atoms with Crippen molar-refractivity contribution in [3.05, 3.63) is 59.2 Å². The van der Waals surface area contributed by atoms with Gasteiger partial charge in [0.2, 0.25) is 0 Å². The molecule has 8 heteroatoms. The highest BCUT2D eigenvalue weighted by Gasteiger charge is 2.40. The highest BCUT2D eigenvalue weighted by molar-refractivity contribution is 6.31. The lowest BCUT2D eigenvalue weighted by molar-refractivity contribution is -0.116. The number of anilines is 1. The smallest absolute Gasteiger partial charge is 0.332 e. The molecular formula is C20H16ClN3O4. The second-order valence-electron chi connectivity index (χ2n) is 6.50. The number of urea groups is 1. The van der Waals surface area contributed by atoms with Crippen LogP contribution >= 0.6 is 11.6 Å². The molecule has 0 bridgehead atoms. The number of dihydropyridines is 1. The Hall–Kier alpha value is -3.19. The molecule has 0 aromatic heterocycles. The fourth-order valence-corrected chi connectivity index (χ4v) is 3.64. The normalized spacial score (nSPS) is 21.1. The monoisotopic (exact) mass is 397 g/mol. The minimum atomic E-state index is -0.488. The Kier molecular flexibility index (Phi) is 4.60. The summed E-state index contributed by atoms with van der Waals surface area (Å²) in [7, 11) is 1.46. The molecule has 28 heavy (non-hydrogen) atoms. The third-order valence-electron chi connectivity index (χ3n) is 4.74. The first-order valence-corrected chi connectivity index (χ1v) is 8.99. The third-order valence-corrected chi connectivity index (χ3v) is 4.98. The summed E-state index contributed by atoms with van der Waals surface area (Å²) >= 11 is 6.04. The summed E-state index contributed by atoms with van der Waals surface area (Å²) in [5.41, 5.74) is 1.65. The van der Waals surface area contributed by atoms with E-state index in [1.807, 2.05) is 18.2 Å². The van der Waals surface area contributed by atoms with Crippen LogP contribution in [0.5, 0.6) is 5.75 Å². The number of carbonyl (C=O) groups excluding carboxylic acids is 3. The van der Waals surface area contributed by atoms with Gasteiger partial charge >= 0.3 is 6.03 Å². The van der Waals surface area contributed by atoms with Crippen LogP contribution in [0.3, 0.4) is 0 Å². The lowest BCUT2D eigenvalue weighted by atomic mass is 9.88. The minimum absolute atomic E-state index is 0.0984. The quantitative estimate of drug-likeness (QED) is 0.732. The largest absolute Gasteiger partial charge is 0.495 e. The van der Waals surface area contributed by atoms with Gasteiger partial charge in [0.25, 0.3) is 11.8 Å². The van der Waals surface area contributed by atoms with Crippen molar-refractivity contribution in [3.8, 4) is 5.75 Å². The zero-order valence-electron chi connectivity index (χ0n) is 15.0. The molecule has 4 rings (SSSR count). The van der Waals surface area contributed by atoms with Crippen LogP contribution in [0, 0.1) is 5.92 Å². The van der Waals surface area contributed by atoms with Gasteiger partial charge in [-0.2, -0.15) is 0 Å². The predicted octanol–water partition coefficient (Wildman–Crippen LogP) is 2.77. The Morgan fingerprint density at radius 3 is 2.86 bits per heavy atom. The van der Waals surface area contributed by atoms with Crippen LogP contribution in [0.25, 0.3) is 0 Å². The topological polar surface area (TPSA) is 79.3 Å². The Morgan fingerprint density at radius 2 is 2.07 bits per heavy atom. The molecule has 1 fully saturated rings. The summed E-state index contributed by atoms with van der Waals surface area (Å²) in [6.45, 7) is 0.0519. The number of ether oxygens (including phenoxy) is 1. The number of imide groups is 1. The Labute approximate surface area is 166 Å². The average molecular weight is 398 g/mol. The van der Waals surface area contributed by atoms with Gasteiger partial charge in [0.15, 0.2) is 0 Å². The summed E-state index contributed by atoms with van der Waals surface area (Å²) in [6.07, 6.45) is 8.79. The maximum absolute atomic E-state index is 13.0. The predicted molar refractivity (Wildman–Crippen MR) is 105 cm³/mol. The van der Waals surface area contributed by atoms with Gasteiger partial charge in [-0.05, 0) is 29.8 Å². The molecular weight excluding hydrogens is 382 g/mol. The van der Waals surface area contributed by atoms with Crippen LogP contribution in [0.15, 0.2) is 59.1 Å². The van der Waals surface area contributed by atoms with Crippen molar-refractivity contribution in [3.63, 3.8) is 0 Å². The Bertz CT molecular complexity index is 1010. The number of rotatable bonds is 4. The number of methoxy groups -OCH3 is 1.